The van der Waals surface area contributed by atoms with Gasteiger partial charge in [-0.25, -0.2) is 4.98 Å². The molecule has 2 aromatic rings. The highest BCUT2D eigenvalue weighted by atomic mass is 35.5. The maximum Gasteiger partial charge on any atom is 0.244 e. The predicted molar refractivity (Wildman–Crippen MR) is 123 cm³/mol. The number of rotatable bonds is 8. The van der Waals surface area contributed by atoms with Crippen LogP contribution in [0, 0.1) is 5.92 Å². The van der Waals surface area contributed by atoms with Crippen LogP contribution >= 0.6 is 11.6 Å². The standard InChI is InChI=1S/C23H29ClN4O3/c1-3-12-28(16-22(29)26-19-6-4-5-7-20(19)31-2)23(30)17-10-13-27(14-11-17)21-9-8-18(24)15-25-21/h4-9,15,17H,3,10-14,16H2,1-2H3,(H,26,29). The Morgan fingerprint density at radius 3 is 2.61 bits per heavy atom. The number of piperidine rings is 1. The summed E-state index contributed by atoms with van der Waals surface area (Å²) in [4.78, 5) is 34.0. The second-order valence-corrected chi connectivity index (χ2v) is 8.04. The van der Waals surface area contributed by atoms with E-state index in [4.69, 9.17) is 16.3 Å². The molecule has 0 saturated carbocycles. The van der Waals surface area contributed by atoms with Gasteiger partial charge in [0.05, 0.1) is 24.4 Å². The molecule has 1 aliphatic rings. The summed E-state index contributed by atoms with van der Waals surface area (Å²) in [7, 11) is 1.56. The Hall–Kier alpha value is -2.80. The van der Waals surface area contributed by atoms with Gasteiger partial charge in [-0.15, -0.1) is 0 Å². The molecule has 3 rings (SSSR count). The quantitative estimate of drug-likeness (QED) is 0.669. The number of pyridine rings is 1. The number of anilines is 2. The van der Waals surface area contributed by atoms with Crippen molar-refractivity contribution >= 4 is 34.9 Å². The van der Waals surface area contributed by atoms with Crippen LogP contribution in [0.15, 0.2) is 42.6 Å². The number of halogens is 1. The molecule has 0 aliphatic carbocycles. The van der Waals surface area contributed by atoms with Crippen molar-refractivity contribution in [1.29, 1.82) is 0 Å². The van der Waals surface area contributed by atoms with Crippen LogP contribution in [-0.4, -0.2) is 55.0 Å². The molecule has 31 heavy (non-hydrogen) atoms. The highest BCUT2D eigenvalue weighted by Crippen LogP contribution is 2.25. The van der Waals surface area contributed by atoms with Gasteiger partial charge >= 0.3 is 0 Å². The van der Waals surface area contributed by atoms with Crippen LogP contribution in [0.2, 0.25) is 5.02 Å². The number of ether oxygens (including phenoxy) is 1. The maximum absolute atomic E-state index is 13.2. The molecule has 0 radical (unpaired) electrons. The topological polar surface area (TPSA) is 74.8 Å². The van der Waals surface area contributed by atoms with Gasteiger partial charge in [0.2, 0.25) is 11.8 Å². The van der Waals surface area contributed by atoms with Gasteiger partial charge in [-0.05, 0) is 43.5 Å². The Kier molecular flexibility index (Phi) is 8.12. The lowest BCUT2D eigenvalue weighted by Gasteiger charge is -2.34. The first-order valence-electron chi connectivity index (χ1n) is 10.6. The van der Waals surface area contributed by atoms with Crippen LogP contribution in [0.1, 0.15) is 26.2 Å². The van der Waals surface area contributed by atoms with Gasteiger partial charge in [-0.3, -0.25) is 9.59 Å². The summed E-state index contributed by atoms with van der Waals surface area (Å²) in [6.45, 7) is 4.09. The summed E-state index contributed by atoms with van der Waals surface area (Å²) in [5.41, 5.74) is 0.600. The van der Waals surface area contributed by atoms with Crippen LogP contribution in [0.4, 0.5) is 11.5 Å². The van der Waals surface area contributed by atoms with E-state index in [0.29, 0.717) is 23.0 Å². The zero-order valence-corrected chi connectivity index (χ0v) is 18.8. The molecule has 0 bridgehead atoms. The average Bonchev–Trinajstić information content (AvgIpc) is 2.79. The average molecular weight is 445 g/mol. The SMILES string of the molecule is CCCN(CC(=O)Nc1ccccc1OC)C(=O)C1CCN(c2ccc(Cl)cn2)CC1. The lowest BCUT2D eigenvalue weighted by Crippen LogP contribution is -2.45. The molecule has 1 aromatic carbocycles. The molecular weight excluding hydrogens is 416 g/mol. The lowest BCUT2D eigenvalue weighted by molar-refractivity contribution is -0.139. The normalized spacial score (nSPS) is 14.2. The van der Waals surface area contributed by atoms with E-state index in [1.54, 1.807) is 30.3 Å². The smallest absolute Gasteiger partial charge is 0.244 e. The van der Waals surface area contributed by atoms with Crippen molar-refractivity contribution in [1.82, 2.24) is 9.88 Å². The zero-order valence-electron chi connectivity index (χ0n) is 18.0. The van der Waals surface area contributed by atoms with Crippen molar-refractivity contribution in [2.75, 3.05) is 43.5 Å². The number of methoxy groups -OCH3 is 1. The summed E-state index contributed by atoms with van der Waals surface area (Å²) in [6, 6.07) is 11.0. The number of amides is 2. The molecule has 166 valence electrons. The summed E-state index contributed by atoms with van der Waals surface area (Å²) in [6.07, 6.45) is 3.90. The lowest BCUT2D eigenvalue weighted by atomic mass is 9.95. The van der Waals surface area contributed by atoms with Crippen LogP contribution in [0.3, 0.4) is 0 Å². The van der Waals surface area contributed by atoms with Gasteiger partial charge < -0.3 is 19.9 Å². The van der Waals surface area contributed by atoms with Crippen molar-refractivity contribution in [3.63, 3.8) is 0 Å². The number of benzene rings is 1. The molecule has 2 amide bonds. The maximum atomic E-state index is 13.2. The number of nitrogens with one attached hydrogen (secondary N) is 1. The van der Waals surface area contributed by atoms with Gasteiger partial charge in [-0.1, -0.05) is 30.7 Å². The third-order valence-electron chi connectivity index (χ3n) is 5.40. The number of hydrogen-bond donors (Lipinski definition) is 1. The van der Waals surface area contributed by atoms with Gasteiger partial charge in [0.1, 0.15) is 11.6 Å². The molecule has 1 fully saturated rings. The Labute approximate surface area is 188 Å². The number of nitrogens with zero attached hydrogens (tertiary/aromatic N) is 3. The van der Waals surface area contributed by atoms with E-state index >= 15 is 0 Å². The second kappa shape index (κ2) is 11.0. The van der Waals surface area contributed by atoms with Gasteiger partial charge in [0.25, 0.3) is 0 Å². The highest BCUT2D eigenvalue weighted by Gasteiger charge is 2.29. The first kappa shape index (κ1) is 22.9. The van der Waals surface area contributed by atoms with Crippen LogP contribution < -0.4 is 15.0 Å². The third-order valence-corrected chi connectivity index (χ3v) is 5.62. The molecule has 0 atom stereocenters. The fourth-order valence-corrected chi connectivity index (χ4v) is 3.93. The number of carbonyl (C=O) groups excluding carboxylic acids is 2. The van der Waals surface area contributed by atoms with Gasteiger partial charge in [0.15, 0.2) is 0 Å². The molecule has 7 nitrogen and oxygen atoms in total. The Balaban J connectivity index is 1.57. The van der Waals surface area contributed by atoms with Crippen LogP contribution in [0.5, 0.6) is 5.75 Å². The van der Waals surface area contributed by atoms with Crippen molar-refractivity contribution in [2.24, 2.45) is 5.92 Å². The number of aromatic nitrogens is 1. The van der Waals surface area contributed by atoms with Gasteiger partial charge in [0, 0.05) is 31.7 Å². The molecular formula is C23H29ClN4O3. The van der Waals surface area contributed by atoms with Crippen molar-refractivity contribution in [3.8, 4) is 5.75 Å². The van der Waals surface area contributed by atoms with Crippen molar-refractivity contribution < 1.29 is 14.3 Å². The Bertz CT molecular complexity index is 883. The monoisotopic (exact) mass is 444 g/mol. The zero-order chi connectivity index (χ0) is 22.2. The predicted octanol–water partition coefficient (Wildman–Crippen LogP) is 3.84. The molecule has 1 N–H and O–H groups in total. The molecule has 1 aliphatic heterocycles. The van der Waals surface area contributed by atoms with E-state index in [2.05, 4.69) is 15.2 Å². The van der Waals surface area contributed by atoms with E-state index in [0.717, 1.165) is 38.2 Å². The number of carbonyl (C=O) groups is 2. The van der Waals surface area contributed by atoms with Crippen LogP contribution in [-0.2, 0) is 9.59 Å². The molecule has 0 unspecified atom stereocenters. The van der Waals surface area contributed by atoms with E-state index in [9.17, 15) is 9.59 Å². The summed E-state index contributed by atoms with van der Waals surface area (Å²) in [5, 5.41) is 3.46. The number of para-hydroxylation sites is 2. The van der Waals surface area contributed by atoms with Crippen LogP contribution in [0.25, 0.3) is 0 Å². The summed E-state index contributed by atoms with van der Waals surface area (Å²) in [5.74, 6) is 1.19. The molecule has 0 spiro atoms. The fraction of sp³-hybridized carbons (Fsp3) is 0.435. The molecule has 1 saturated heterocycles. The Morgan fingerprint density at radius 1 is 1.23 bits per heavy atom. The minimum Gasteiger partial charge on any atom is -0.495 e. The first-order chi connectivity index (χ1) is 15.0. The first-order valence-corrected chi connectivity index (χ1v) is 11.0. The minimum atomic E-state index is -0.228. The molecule has 1 aromatic heterocycles. The highest BCUT2D eigenvalue weighted by molar-refractivity contribution is 6.30. The third kappa shape index (κ3) is 6.10. The fourth-order valence-electron chi connectivity index (χ4n) is 3.82. The Morgan fingerprint density at radius 2 is 1.97 bits per heavy atom. The van der Waals surface area contributed by atoms with E-state index in [-0.39, 0.29) is 24.3 Å². The molecule has 2 heterocycles. The summed E-state index contributed by atoms with van der Waals surface area (Å²) >= 11 is 5.92. The van der Waals surface area contributed by atoms with E-state index in [1.807, 2.05) is 31.2 Å². The van der Waals surface area contributed by atoms with E-state index in [1.165, 1.54) is 0 Å². The minimum absolute atomic E-state index is 0.0314. The van der Waals surface area contributed by atoms with E-state index < -0.39 is 0 Å². The second-order valence-electron chi connectivity index (χ2n) is 7.60. The van der Waals surface area contributed by atoms with Crippen molar-refractivity contribution in [2.45, 2.75) is 26.2 Å². The van der Waals surface area contributed by atoms with Crippen molar-refractivity contribution in [3.05, 3.63) is 47.6 Å². The summed E-state index contributed by atoms with van der Waals surface area (Å²) < 4.78 is 5.28. The largest absolute Gasteiger partial charge is 0.495 e. The molecule has 8 heteroatoms. The van der Waals surface area contributed by atoms with Gasteiger partial charge in [-0.2, -0.15) is 0 Å². The number of hydrogen-bond acceptors (Lipinski definition) is 5.